The normalized spacial score (nSPS) is 12.0. The second-order valence-corrected chi connectivity index (χ2v) is 7.86. The molecule has 7 nitrogen and oxygen atoms in total. The Labute approximate surface area is 163 Å². The number of aryl methyl sites for hydroxylation is 2. The number of anilines is 1. The van der Waals surface area contributed by atoms with Crippen LogP contribution in [0.2, 0.25) is 0 Å². The van der Waals surface area contributed by atoms with E-state index in [2.05, 4.69) is 15.3 Å². The maximum atomic E-state index is 12.9. The van der Waals surface area contributed by atoms with Crippen molar-refractivity contribution in [1.82, 2.24) is 9.97 Å². The molecule has 0 saturated carbocycles. The summed E-state index contributed by atoms with van der Waals surface area (Å²) < 4.78 is 67.6. The highest BCUT2D eigenvalue weighted by atomic mass is 32.2. The molecule has 29 heavy (non-hydrogen) atoms. The van der Waals surface area contributed by atoms with Crippen LogP contribution < -0.4 is 5.32 Å². The largest absolute Gasteiger partial charge is 0.503 e. The van der Waals surface area contributed by atoms with Crippen LogP contribution in [-0.4, -0.2) is 29.8 Å². The molecule has 11 heteroatoms. The number of pyridine rings is 1. The van der Waals surface area contributed by atoms with Gasteiger partial charge in [0.05, 0.1) is 11.3 Å². The molecule has 152 valence electrons. The van der Waals surface area contributed by atoms with Gasteiger partial charge in [0.2, 0.25) is 5.89 Å². The van der Waals surface area contributed by atoms with Crippen LogP contribution in [0.5, 0.6) is 0 Å². The fourth-order valence-electron chi connectivity index (χ4n) is 2.41. The number of amides is 1. The predicted molar refractivity (Wildman–Crippen MR) is 96.8 cm³/mol. The summed E-state index contributed by atoms with van der Waals surface area (Å²) in [6, 6.07) is 8.35. The number of aromatic nitrogens is 2. The molecule has 0 spiro atoms. The summed E-state index contributed by atoms with van der Waals surface area (Å²) in [4.78, 5) is 20.0. The number of hydrogen-bond acceptors (Lipinski definition) is 6. The molecule has 0 bridgehead atoms. The Bertz CT molecular complexity index is 1170. The van der Waals surface area contributed by atoms with Crippen LogP contribution in [0.25, 0.3) is 11.5 Å². The highest BCUT2D eigenvalue weighted by Gasteiger charge is 2.49. The molecule has 1 N–H and O–H groups in total. The number of oxazole rings is 1. The lowest BCUT2D eigenvalue weighted by atomic mass is 10.2. The third kappa shape index (κ3) is 3.99. The lowest BCUT2D eigenvalue weighted by molar-refractivity contribution is -0.0438. The Balaban J connectivity index is 1.94. The maximum Gasteiger partial charge on any atom is 0.503 e. The first-order valence-corrected chi connectivity index (χ1v) is 9.61. The van der Waals surface area contributed by atoms with Gasteiger partial charge in [-0.3, -0.25) is 4.79 Å². The van der Waals surface area contributed by atoms with E-state index in [4.69, 9.17) is 4.42 Å². The summed E-state index contributed by atoms with van der Waals surface area (Å²) in [7, 11) is -5.79. The molecule has 2 heterocycles. The molecule has 0 aliphatic heterocycles. The summed E-state index contributed by atoms with van der Waals surface area (Å²) in [5, 5.41) is 1.01. The fraction of sp³-hybridized carbons (Fsp3) is 0.167. The molecule has 0 saturated heterocycles. The summed E-state index contributed by atoms with van der Waals surface area (Å²) in [5.74, 6) is -0.137. The molecule has 3 aromatic rings. The van der Waals surface area contributed by atoms with Crippen molar-refractivity contribution in [2.24, 2.45) is 0 Å². The van der Waals surface area contributed by atoms with E-state index in [9.17, 15) is 26.4 Å². The lowest BCUT2D eigenvalue weighted by Gasteiger charge is -2.12. The average molecular weight is 425 g/mol. The molecule has 0 aliphatic rings. The standard InChI is InChI=1S/C18H14F3N3O4S/c1-10-11(2)28-16(23-10)12-5-3-6-13(9-12)24-15(25)14-7-4-8-22-17(14)29(26,27)18(19,20)21/h3-9H,1-2H3,(H,24,25). The molecular formula is C18H14F3N3O4S. The van der Waals surface area contributed by atoms with Crippen LogP contribution in [0.1, 0.15) is 21.8 Å². The van der Waals surface area contributed by atoms with Gasteiger partial charge in [0, 0.05) is 17.4 Å². The molecular weight excluding hydrogens is 411 g/mol. The highest BCUT2D eigenvalue weighted by Crippen LogP contribution is 2.31. The van der Waals surface area contributed by atoms with Gasteiger partial charge >= 0.3 is 5.51 Å². The maximum absolute atomic E-state index is 12.9. The van der Waals surface area contributed by atoms with E-state index in [0.29, 0.717) is 22.9 Å². The number of carbonyl (C=O) groups is 1. The minimum atomic E-state index is -5.79. The van der Waals surface area contributed by atoms with Crippen molar-refractivity contribution in [1.29, 1.82) is 0 Å². The molecule has 0 radical (unpaired) electrons. The van der Waals surface area contributed by atoms with Crippen LogP contribution in [0.3, 0.4) is 0 Å². The summed E-state index contributed by atoms with van der Waals surface area (Å²) >= 11 is 0. The Hall–Kier alpha value is -3.21. The van der Waals surface area contributed by atoms with Gasteiger partial charge in [-0.05, 0) is 44.2 Å². The minimum Gasteiger partial charge on any atom is -0.441 e. The zero-order valence-electron chi connectivity index (χ0n) is 15.1. The SMILES string of the molecule is Cc1nc(-c2cccc(NC(=O)c3cccnc3S(=O)(=O)C(F)(F)F)c2)oc1C. The predicted octanol–water partition coefficient (Wildman–Crippen LogP) is 3.90. The Morgan fingerprint density at radius 1 is 1.14 bits per heavy atom. The number of alkyl halides is 3. The minimum absolute atomic E-state index is 0.209. The van der Waals surface area contributed by atoms with E-state index in [1.807, 2.05) is 0 Å². The Morgan fingerprint density at radius 2 is 1.86 bits per heavy atom. The number of benzene rings is 1. The van der Waals surface area contributed by atoms with E-state index >= 15 is 0 Å². The Kier molecular flexibility index (Phi) is 5.18. The van der Waals surface area contributed by atoms with Gasteiger partial charge in [0.1, 0.15) is 5.76 Å². The van der Waals surface area contributed by atoms with Crippen molar-refractivity contribution in [3.63, 3.8) is 0 Å². The number of halogens is 3. The number of sulfone groups is 1. The number of nitrogens with zero attached hydrogens (tertiary/aromatic N) is 2. The molecule has 0 atom stereocenters. The average Bonchev–Trinajstić information content (AvgIpc) is 3.00. The lowest BCUT2D eigenvalue weighted by Crippen LogP contribution is -2.27. The quantitative estimate of drug-likeness (QED) is 0.680. The summed E-state index contributed by atoms with van der Waals surface area (Å²) in [6.45, 7) is 3.50. The molecule has 0 fully saturated rings. The second kappa shape index (κ2) is 7.32. The zero-order chi connectivity index (χ0) is 21.4. The van der Waals surface area contributed by atoms with Crippen molar-refractivity contribution in [3.05, 3.63) is 59.6 Å². The topological polar surface area (TPSA) is 102 Å². The zero-order valence-corrected chi connectivity index (χ0v) is 15.9. The van der Waals surface area contributed by atoms with Gasteiger partial charge in [-0.2, -0.15) is 13.2 Å². The van der Waals surface area contributed by atoms with Crippen molar-refractivity contribution >= 4 is 21.4 Å². The smallest absolute Gasteiger partial charge is 0.441 e. The van der Waals surface area contributed by atoms with Crippen LogP contribution in [0, 0.1) is 13.8 Å². The first-order valence-electron chi connectivity index (χ1n) is 8.13. The van der Waals surface area contributed by atoms with E-state index < -0.39 is 31.8 Å². The van der Waals surface area contributed by atoms with Gasteiger partial charge < -0.3 is 9.73 Å². The molecule has 1 aromatic carbocycles. The van der Waals surface area contributed by atoms with Crippen LogP contribution >= 0.6 is 0 Å². The number of rotatable bonds is 4. The van der Waals surface area contributed by atoms with Crippen molar-refractivity contribution < 1.29 is 30.8 Å². The van der Waals surface area contributed by atoms with Crippen LogP contribution in [0.4, 0.5) is 18.9 Å². The monoisotopic (exact) mass is 425 g/mol. The molecule has 1 amide bonds. The van der Waals surface area contributed by atoms with Gasteiger partial charge in [-0.25, -0.2) is 18.4 Å². The van der Waals surface area contributed by atoms with E-state index in [1.54, 1.807) is 26.0 Å². The summed E-state index contributed by atoms with van der Waals surface area (Å²) in [5.41, 5.74) is -4.89. The van der Waals surface area contributed by atoms with Gasteiger partial charge in [0.25, 0.3) is 15.7 Å². The van der Waals surface area contributed by atoms with Crippen LogP contribution in [-0.2, 0) is 9.84 Å². The van der Waals surface area contributed by atoms with Gasteiger partial charge in [-0.1, -0.05) is 6.07 Å². The van der Waals surface area contributed by atoms with E-state index in [-0.39, 0.29) is 5.69 Å². The number of carbonyl (C=O) groups excluding carboxylic acids is 1. The first kappa shape index (κ1) is 20.5. The van der Waals surface area contributed by atoms with Gasteiger partial charge in [-0.15, -0.1) is 0 Å². The third-order valence-electron chi connectivity index (χ3n) is 3.97. The van der Waals surface area contributed by atoms with Gasteiger partial charge in [0.15, 0.2) is 5.03 Å². The Morgan fingerprint density at radius 3 is 2.48 bits per heavy atom. The number of hydrogen-bond donors (Lipinski definition) is 1. The van der Waals surface area contributed by atoms with E-state index in [0.717, 1.165) is 12.3 Å². The molecule has 0 aliphatic carbocycles. The molecule has 2 aromatic heterocycles. The van der Waals surface area contributed by atoms with Crippen molar-refractivity contribution in [2.75, 3.05) is 5.32 Å². The highest BCUT2D eigenvalue weighted by molar-refractivity contribution is 7.92. The number of nitrogens with one attached hydrogen (secondary N) is 1. The molecule has 0 unspecified atom stereocenters. The first-order chi connectivity index (χ1) is 13.5. The fourth-order valence-corrected chi connectivity index (χ4v) is 3.28. The second-order valence-electron chi connectivity index (χ2n) is 6.00. The van der Waals surface area contributed by atoms with Crippen molar-refractivity contribution in [3.8, 4) is 11.5 Å². The van der Waals surface area contributed by atoms with Crippen molar-refractivity contribution in [2.45, 2.75) is 24.4 Å². The molecule has 3 rings (SSSR count). The summed E-state index contributed by atoms with van der Waals surface area (Å²) in [6.07, 6.45) is 0.864. The third-order valence-corrected chi connectivity index (χ3v) is 5.41. The van der Waals surface area contributed by atoms with E-state index in [1.165, 1.54) is 18.2 Å². The van der Waals surface area contributed by atoms with Crippen LogP contribution in [0.15, 0.2) is 52.0 Å².